The van der Waals surface area contributed by atoms with Crippen LogP contribution in [0.2, 0.25) is 0 Å². The van der Waals surface area contributed by atoms with Crippen LogP contribution in [-0.4, -0.2) is 84.4 Å². The van der Waals surface area contributed by atoms with Gasteiger partial charge in [0.15, 0.2) is 6.29 Å². The maximum absolute atomic E-state index is 13.0. The highest BCUT2D eigenvalue weighted by Crippen LogP contribution is 2.42. The van der Waals surface area contributed by atoms with Crippen LogP contribution >= 0.6 is 0 Å². The van der Waals surface area contributed by atoms with Gasteiger partial charge in [0.25, 0.3) is 0 Å². The van der Waals surface area contributed by atoms with Crippen molar-refractivity contribution in [2.75, 3.05) is 33.4 Å². The molecule has 6 unspecified atom stereocenters. The van der Waals surface area contributed by atoms with Crippen LogP contribution in [0.15, 0.2) is 48.5 Å². The fourth-order valence-corrected chi connectivity index (χ4v) is 6.62. The number of halogens is 3. The van der Waals surface area contributed by atoms with Crippen molar-refractivity contribution in [3.05, 3.63) is 70.8 Å². The highest BCUT2D eigenvalue weighted by atomic mass is 19.4. The van der Waals surface area contributed by atoms with E-state index in [1.54, 1.807) is 7.11 Å². The standard InChI is InChI=1S/C33H42F3N3O6/c1-21-28(18-38-15-3-5-26(38)20-43-2)44-31(45-29(21)24-11-9-23(19-40)10-12-24)25-13-7-22(8-14-25)17-37-30(41)27-6-4-16-39(27)32(42)33(34,35)36/h7-14,21,26-29,31,40H,3-6,15-20H2,1-2H3,(H,37,41). The van der Waals surface area contributed by atoms with Gasteiger partial charge < -0.3 is 29.5 Å². The third-order valence-corrected chi connectivity index (χ3v) is 9.17. The molecule has 6 atom stereocenters. The van der Waals surface area contributed by atoms with Gasteiger partial charge in [0, 0.05) is 44.3 Å². The van der Waals surface area contributed by atoms with Crippen LogP contribution in [0, 0.1) is 5.92 Å². The van der Waals surface area contributed by atoms with Crippen molar-refractivity contribution < 1.29 is 42.1 Å². The molecule has 9 nitrogen and oxygen atoms in total. The Hall–Kier alpha value is -3.03. The lowest BCUT2D eigenvalue weighted by atomic mass is 9.90. The summed E-state index contributed by atoms with van der Waals surface area (Å²) < 4.78 is 57.5. The van der Waals surface area contributed by atoms with Gasteiger partial charge in [-0.3, -0.25) is 14.5 Å². The summed E-state index contributed by atoms with van der Waals surface area (Å²) in [4.78, 5) is 27.5. The molecule has 3 aliphatic rings. The summed E-state index contributed by atoms with van der Waals surface area (Å²) in [5, 5.41) is 12.2. The SMILES string of the molecule is COCC1CCCN1CC1OC(c2ccc(CNC(=O)C3CCCN3C(=O)C(F)(F)F)cc2)OC(c2ccc(CO)cc2)C1C. The molecule has 12 heteroatoms. The Morgan fingerprint density at radius 1 is 0.978 bits per heavy atom. The van der Waals surface area contributed by atoms with Gasteiger partial charge in [0.05, 0.1) is 25.4 Å². The van der Waals surface area contributed by atoms with E-state index in [0.29, 0.717) is 24.0 Å². The number of nitrogens with zero attached hydrogens (tertiary/aromatic N) is 2. The number of aliphatic hydroxyl groups excluding tert-OH is 1. The van der Waals surface area contributed by atoms with Crippen molar-refractivity contribution >= 4 is 11.8 Å². The maximum Gasteiger partial charge on any atom is 0.471 e. The lowest BCUT2D eigenvalue weighted by Gasteiger charge is -2.43. The van der Waals surface area contributed by atoms with Crippen LogP contribution in [-0.2, 0) is 37.0 Å². The number of methoxy groups -OCH3 is 1. The number of rotatable bonds is 10. The summed E-state index contributed by atoms with van der Waals surface area (Å²) in [5.74, 6) is -2.54. The van der Waals surface area contributed by atoms with Crippen LogP contribution < -0.4 is 5.32 Å². The van der Waals surface area contributed by atoms with Crippen molar-refractivity contribution in [1.29, 1.82) is 0 Å². The summed E-state index contributed by atoms with van der Waals surface area (Å²) in [7, 11) is 1.72. The molecule has 2 amide bonds. The van der Waals surface area contributed by atoms with Crippen molar-refractivity contribution in [2.45, 2.75) is 82.5 Å². The highest BCUT2D eigenvalue weighted by molar-refractivity contribution is 5.90. The first kappa shape index (κ1) is 33.3. The number of alkyl halides is 3. The zero-order chi connectivity index (χ0) is 32.1. The Bertz CT molecular complexity index is 1290. The third kappa shape index (κ3) is 7.86. The van der Waals surface area contributed by atoms with Gasteiger partial charge in [0.1, 0.15) is 6.04 Å². The number of hydrogen-bond donors (Lipinski definition) is 2. The average molecular weight is 634 g/mol. The van der Waals surface area contributed by atoms with Crippen molar-refractivity contribution in [1.82, 2.24) is 15.1 Å². The van der Waals surface area contributed by atoms with Gasteiger partial charge in [-0.1, -0.05) is 55.5 Å². The van der Waals surface area contributed by atoms with E-state index in [2.05, 4.69) is 17.1 Å². The number of amides is 2. The molecular weight excluding hydrogens is 591 g/mol. The lowest BCUT2D eigenvalue weighted by Crippen LogP contribution is -2.50. The molecule has 0 bridgehead atoms. The second-order valence-corrected chi connectivity index (χ2v) is 12.2. The molecule has 0 radical (unpaired) electrons. The van der Waals surface area contributed by atoms with Gasteiger partial charge in [-0.15, -0.1) is 0 Å². The number of benzene rings is 2. The molecule has 0 saturated carbocycles. The Balaban J connectivity index is 1.27. The minimum Gasteiger partial charge on any atom is -0.392 e. The summed E-state index contributed by atoms with van der Waals surface area (Å²) in [6.07, 6.45) is -3.33. The van der Waals surface area contributed by atoms with Gasteiger partial charge in [-0.2, -0.15) is 13.2 Å². The minimum atomic E-state index is -5.01. The van der Waals surface area contributed by atoms with E-state index in [-0.39, 0.29) is 44.2 Å². The van der Waals surface area contributed by atoms with Crippen LogP contribution in [0.3, 0.4) is 0 Å². The average Bonchev–Trinajstić information content (AvgIpc) is 3.70. The Morgan fingerprint density at radius 3 is 2.31 bits per heavy atom. The topological polar surface area (TPSA) is 101 Å². The molecule has 3 aliphatic heterocycles. The predicted octanol–water partition coefficient (Wildman–Crippen LogP) is 4.25. The molecule has 5 rings (SSSR count). The Morgan fingerprint density at radius 2 is 1.64 bits per heavy atom. The number of nitrogens with one attached hydrogen (secondary N) is 1. The summed E-state index contributed by atoms with van der Waals surface area (Å²) >= 11 is 0. The number of likely N-dealkylation sites (tertiary alicyclic amines) is 2. The Kier molecular flexibility index (Phi) is 10.8. The smallest absolute Gasteiger partial charge is 0.392 e. The molecule has 0 aromatic heterocycles. The number of aliphatic hydroxyl groups is 1. The largest absolute Gasteiger partial charge is 0.471 e. The Labute approximate surface area is 261 Å². The van der Waals surface area contributed by atoms with Gasteiger partial charge in [0.2, 0.25) is 5.91 Å². The molecular formula is C33H42F3N3O6. The molecule has 2 N–H and O–H groups in total. The van der Waals surface area contributed by atoms with E-state index in [1.165, 1.54) is 0 Å². The molecule has 0 aliphatic carbocycles. The fourth-order valence-electron chi connectivity index (χ4n) is 6.62. The normalized spacial score (nSPS) is 27.6. The minimum absolute atomic E-state index is 0.0387. The zero-order valence-corrected chi connectivity index (χ0v) is 25.7. The fraction of sp³-hybridized carbons (Fsp3) is 0.576. The maximum atomic E-state index is 13.0. The second kappa shape index (κ2) is 14.6. The van der Waals surface area contributed by atoms with E-state index in [1.807, 2.05) is 48.5 Å². The monoisotopic (exact) mass is 633 g/mol. The highest BCUT2D eigenvalue weighted by Gasteiger charge is 2.47. The predicted molar refractivity (Wildman–Crippen MR) is 159 cm³/mol. The molecule has 2 aromatic carbocycles. The van der Waals surface area contributed by atoms with Crippen LogP contribution in [0.1, 0.15) is 67.3 Å². The van der Waals surface area contributed by atoms with E-state index >= 15 is 0 Å². The van der Waals surface area contributed by atoms with E-state index in [9.17, 15) is 27.9 Å². The molecule has 2 aromatic rings. The van der Waals surface area contributed by atoms with Crippen LogP contribution in [0.4, 0.5) is 13.2 Å². The molecule has 45 heavy (non-hydrogen) atoms. The molecule has 246 valence electrons. The van der Waals surface area contributed by atoms with Gasteiger partial charge in [-0.05, 0) is 48.9 Å². The van der Waals surface area contributed by atoms with Gasteiger partial charge >= 0.3 is 12.1 Å². The van der Waals surface area contributed by atoms with Crippen LogP contribution in [0.25, 0.3) is 0 Å². The molecule has 0 spiro atoms. The van der Waals surface area contributed by atoms with Crippen molar-refractivity contribution in [3.63, 3.8) is 0 Å². The lowest BCUT2D eigenvalue weighted by molar-refractivity contribution is -0.276. The van der Waals surface area contributed by atoms with Crippen molar-refractivity contribution in [2.24, 2.45) is 5.92 Å². The summed E-state index contributed by atoms with van der Waals surface area (Å²) in [6, 6.07) is 14.3. The number of carbonyl (C=O) groups is 2. The number of hydrogen-bond acceptors (Lipinski definition) is 7. The second-order valence-electron chi connectivity index (χ2n) is 12.2. The van der Waals surface area contributed by atoms with E-state index < -0.39 is 30.3 Å². The third-order valence-electron chi connectivity index (χ3n) is 9.17. The number of carbonyl (C=O) groups excluding carboxylic acids is 2. The molecule has 3 fully saturated rings. The van der Waals surface area contributed by atoms with E-state index in [4.69, 9.17) is 14.2 Å². The zero-order valence-electron chi connectivity index (χ0n) is 25.7. The number of ether oxygens (including phenoxy) is 3. The first-order valence-corrected chi connectivity index (χ1v) is 15.6. The molecule has 3 heterocycles. The first-order chi connectivity index (χ1) is 21.6. The van der Waals surface area contributed by atoms with Crippen LogP contribution in [0.5, 0.6) is 0 Å². The van der Waals surface area contributed by atoms with Crippen molar-refractivity contribution in [3.8, 4) is 0 Å². The quantitative estimate of drug-likeness (QED) is 0.404. The first-order valence-electron chi connectivity index (χ1n) is 15.6. The summed E-state index contributed by atoms with van der Waals surface area (Å²) in [5.41, 5.74) is 3.36. The van der Waals surface area contributed by atoms with Gasteiger partial charge in [-0.25, -0.2) is 0 Å². The summed E-state index contributed by atoms with van der Waals surface area (Å²) in [6.45, 7) is 4.48. The van der Waals surface area contributed by atoms with E-state index in [0.717, 1.165) is 48.2 Å². The molecule has 3 saturated heterocycles.